The van der Waals surface area contributed by atoms with Crippen LogP contribution >= 0.6 is 0 Å². The number of hydrogen-bond donors (Lipinski definition) is 1. The van der Waals surface area contributed by atoms with Gasteiger partial charge in [0.2, 0.25) is 0 Å². The third-order valence-electron chi connectivity index (χ3n) is 1.49. The van der Waals surface area contributed by atoms with Crippen molar-refractivity contribution < 1.29 is 9.26 Å². The Bertz CT molecular complexity index is 281. The lowest BCUT2D eigenvalue weighted by molar-refractivity contribution is -0.0782. The number of nitrogens with two attached hydrogens (primary N) is 1. The highest BCUT2D eigenvalue weighted by atomic mass is 16.5. The third kappa shape index (κ3) is 2.42. The molecule has 0 aliphatic carbocycles. The first-order valence-electron chi connectivity index (χ1n) is 4.19. The quantitative estimate of drug-likeness (QED) is 0.768. The van der Waals surface area contributed by atoms with Gasteiger partial charge >= 0.3 is 0 Å². The van der Waals surface area contributed by atoms with Gasteiger partial charge in [-0.05, 0) is 32.9 Å². The number of aromatic nitrogens is 2. The minimum Gasteiger partial charge on any atom is -0.365 e. The van der Waals surface area contributed by atoms with Crippen LogP contribution in [0.1, 0.15) is 33.6 Å². The zero-order chi connectivity index (χ0) is 10.1. The van der Waals surface area contributed by atoms with Crippen molar-refractivity contribution in [3.05, 3.63) is 5.89 Å². The molecule has 2 N–H and O–H groups in total. The number of nitrogens with zero attached hydrogens (tertiary/aromatic N) is 2. The molecule has 0 saturated carbocycles. The standard InChI is InChI=1S/C8H15N3O2/c1-5(2)12-8(3,4)6-10-7(9)11-13-6/h5H,1-4H3,(H2,9,11). The van der Waals surface area contributed by atoms with Crippen LogP contribution in [0.15, 0.2) is 4.52 Å². The Morgan fingerprint density at radius 2 is 2.08 bits per heavy atom. The lowest BCUT2D eigenvalue weighted by Crippen LogP contribution is -2.25. The van der Waals surface area contributed by atoms with Crippen molar-refractivity contribution in [3.63, 3.8) is 0 Å². The van der Waals surface area contributed by atoms with Crippen LogP contribution in [0.3, 0.4) is 0 Å². The van der Waals surface area contributed by atoms with Crippen molar-refractivity contribution in [1.82, 2.24) is 10.1 Å². The third-order valence-corrected chi connectivity index (χ3v) is 1.49. The summed E-state index contributed by atoms with van der Waals surface area (Å²) < 4.78 is 10.5. The van der Waals surface area contributed by atoms with E-state index >= 15 is 0 Å². The average molecular weight is 185 g/mol. The number of anilines is 1. The van der Waals surface area contributed by atoms with Crippen LogP contribution < -0.4 is 5.73 Å². The van der Waals surface area contributed by atoms with E-state index in [9.17, 15) is 0 Å². The van der Waals surface area contributed by atoms with Crippen LogP contribution in [0, 0.1) is 0 Å². The smallest absolute Gasteiger partial charge is 0.260 e. The van der Waals surface area contributed by atoms with E-state index in [1.165, 1.54) is 0 Å². The largest absolute Gasteiger partial charge is 0.365 e. The fraction of sp³-hybridized carbons (Fsp3) is 0.750. The fourth-order valence-corrected chi connectivity index (χ4v) is 1.12. The summed E-state index contributed by atoms with van der Waals surface area (Å²) >= 11 is 0. The summed E-state index contributed by atoms with van der Waals surface area (Å²) in [7, 11) is 0. The van der Waals surface area contributed by atoms with Crippen molar-refractivity contribution in [2.75, 3.05) is 5.73 Å². The van der Waals surface area contributed by atoms with E-state index in [-0.39, 0.29) is 12.1 Å². The molecular weight excluding hydrogens is 170 g/mol. The van der Waals surface area contributed by atoms with Gasteiger partial charge < -0.3 is 15.0 Å². The maximum absolute atomic E-state index is 5.59. The Labute approximate surface area is 77.3 Å². The first kappa shape index (κ1) is 9.98. The minimum absolute atomic E-state index is 0.100. The fourth-order valence-electron chi connectivity index (χ4n) is 1.12. The highest BCUT2D eigenvalue weighted by Gasteiger charge is 2.29. The van der Waals surface area contributed by atoms with E-state index in [0.717, 1.165) is 0 Å². The highest BCUT2D eigenvalue weighted by molar-refractivity contribution is 5.12. The molecule has 1 aromatic heterocycles. The van der Waals surface area contributed by atoms with Crippen LogP contribution in [-0.2, 0) is 10.3 Å². The van der Waals surface area contributed by atoms with E-state index in [1.807, 2.05) is 27.7 Å². The van der Waals surface area contributed by atoms with E-state index in [0.29, 0.717) is 5.89 Å². The number of ether oxygens (including phenoxy) is 1. The molecule has 5 nitrogen and oxygen atoms in total. The van der Waals surface area contributed by atoms with Gasteiger partial charge in [0.25, 0.3) is 11.8 Å². The molecule has 1 aromatic rings. The van der Waals surface area contributed by atoms with E-state index in [2.05, 4.69) is 10.1 Å². The summed E-state index contributed by atoms with van der Waals surface area (Å²) in [6, 6.07) is 0. The predicted octanol–water partition coefficient (Wildman–Crippen LogP) is 1.31. The summed E-state index contributed by atoms with van der Waals surface area (Å²) in [5.41, 5.74) is 4.75. The number of nitrogen functional groups attached to an aromatic ring is 1. The van der Waals surface area contributed by atoms with E-state index in [4.69, 9.17) is 15.0 Å². The monoisotopic (exact) mass is 185 g/mol. The van der Waals surface area contributed by atoms with Crippen LogP contribution in [0.5, 0.6) is 0 Å². The van der Waals surface area contributed by atoms with Gasteiger partial charge in [-0.2, -0.15) is 4.98 Å². The lowest BCUT2D eigenvalue weighted by Gasteiger charge is -2.23. The van der Waals surface area contributed by atoms with Gasteiger partial charge in [-0.3, -0.25) is 0 Å². The molecule has 0 unspecified atom stereocenters. The van der Waals surface area contributed by atoms with Crippen molar-refractivity contribution in [1.29, 1.82) is 0 Å². The number of rotatable bonds is 3. The molecule has 0 aromatic carbocycles. The van der Waals surface area contributed by atoms with Gasteiger partial charge in [0.15, 0.2) is 0 Å². The zero-order valence-electron chi connectivity index (χ0n) is 8.37. The van der Waals surface area contributed by atoms with Gasteiger partial charge in [0, 0.05) is 0 Å². The van der Waals surface area contributed by atoms with Crippen LogP contribution in [-0.4, -0.2) is 16.2 Å². The Morgan fingerprint density at radius 3 is 2.46 bits per heavy atom. The Kier molecular flexibility index (Phi) is 2.56. The second-order valence-electron chi connectivity index (χ2n) is 3.63. The molecule has 13 heavy (non-hydrogen) atoms. The predicted molar refractivity (Wildman–Crippen MR) is 48.0 cm³/mol. The molecule has 0 saturated heterocycles. The molecule has 0 radical (unpaired) electrons. The topological polar surface area (TPSA) is 74.2 Å². The summed E-state index contributed by atoms with van der Waals surface area (Å²) in [5.74, 6) is 0.536. The van der Waals surface area contributed by atoms with Crippen molar-refractivity contribution in [3.8, 4) is 0 Å². The molecule has 5 heteroatoms. The maximum Gasteiger partial charge on any atom is 0.260 e. The second-order valence-corrected chi connectivity index (χ2v) is 3.63. The Morgan fingerprint density at radius 1 is 1.46 bits per heavy atom. The summed E-state index contributed by atoms with van der Waals surface area (Å²) in [4.78, 5) is 3.91. The van der Waals surface area contributed by atoms with Gasteiger partial charge in [-0.25, -0.2) is 0 Å². The summed E-state index contributed by atoms with van der Waals surface area (Å²) in [6.45, 7) is 7.61. The SMILES string of the molecule is CC(C)OC(C)(C)c1nc(N)no1. The molecule has 0 spiro atoms. The molecule has 0 aliphatic rings. The molecule has 0 atom stereocenters. The molecular formula is C8H15N3O2. The number of hydrogen-bond acceptors (Lipinski definition) is 5. The summed E-state index contributed by atoms with van der Waals surface area (Å²) in [6.07, 6.45) is 0.100. The van der Waals surface area contributed by atoms with Crippen LogP contribution in [0.2, 0.25) is 0 Å². The maximum atomic E-state index is 5.59. The average Bonchev–Trinajstić information content (AvgIpc) is 2.32. The minimum atomic E-state index is -0.585. The molecule has 1 rings (SSSR count). The van der Waals surface area contributed by atoms with Crippen molar-refractivity contribution >= 4 is 5.95 Å². The van der Waals surface area contributed by atoms with Gasteiger partial charge in [-0.15, -0.1) is 0 Å². The summed E-state index contributed by atoms with van der Waals surface area (Å²) in [5, 5.41) is 3.50. The molecule has 0 aliphatic heterocycles. The van der Waals surface area contributed by atoms with Gasteiger partial charge in [0.1, 0.15) is 5.60 Å². The lowest BCUT2D eigenvalue weighted by atomic mass is 10.1. The van der Waals surface area contributed by atoms with Gasteiger partial charge in [0.05, 0.1) is 6.10 Å². The molecule has 74 valence electrons. The van der Waals surface area contributed by atoms with Crippen molar-refractivity contribution in [2.45, 2.75) is 39.4 Å². The van der Waals surface area contributed by atoms with Crippen LogP contribution in [0.25, 0.3) is 0 Å². The molecule has 1 heterocycles. The van der Waals surface area contributed by atoms with E-state index in [1.54, 1.807) is 0 Å². The zero-order valence-corrected chi connectivity index (χ0v) is 8.37. The molecule has 0 bridgehead atoms. The first-order valence-corrected chi connectivity index (χ1v) is 4.19. The van der Waals surface area contributed by atoms with E-state index < -0.39 is 5.60 Å². The normalized spacial score (nSPS) is 12.4. The first-order chi connectivity index (χ1) is 5.92. The highest BCUT2D eigenvalue weighted by Crippen LogP contribution is 2.24. The Hall–Kier alpha value is -1.10. The Balaban J connectivity index is 2.80. The molecule has 0 fully saturated rings. The second kappa shape index (κ2) is 3.33. The van der Waals surface area contributed by atoms with Gasteiger partial charge in [-0.1, -0.05) is 0 Å². The van der Waals surface area contributed by atoms with Crippen LogP contribution in [0.4, 0.5) is 5.95 Å². The molecule has 0 amide bonds. The van der Waals surface area contributed by atoms with Crippen molar-refractivity contribution in [2.24, 2.45) is 0 Å².